The molecular formula is C9H14N2O4. The predicted octanol–water partition coefficient (Wildman–Crippen LogP) is -0.802. The summed E-state index contributed by atoms with van der Waals surface area (Å²) in [6, 6.07) is -0.373. The van der Waals surface area contributed by atoms with Crippen molar-refractivity contribution in [3.05, 3.63) is 0 Å². The van der Waals surface area contributed by atoms with Crippen LogP contribution in [0.5, 0.6) is 0 Å². The molecule has 1 heterocycles. The zero-order chi connectivity index (χ0) is 11.4. The van der Waals surface area contributed by atoms with E-state index in [1.54, 1.807) is 6.92 Å². The van der Waals surface area contributed by atoms with E-state index < -0.39 is 5.97 Å². The standard InChI is InChI=1S/C9H14N2O4/c1-6(4-9(14)15)11-3-2-7(12)10-5-8(11)13/h6H,2-5H2,1H3,(H,10,12)(H,14,15). The highest BCUT2D eigenvalue weighted by molar-refractivity contribution is 5.87. The summed E-state index contributed by atoms with van der Waals surface area (Å²) in [7, 11) is 0. The molecule has 1 saturated heterocycles. The molecule has 15 heavy (non-hydrogen) atoms. The number of nitrogens with one attached hydrogen (secondary N) is 1. The van der Waals surface area contributed by atoms with Crippen LogP contribution in [-0.2, 0) is 14.4 Å². The minimum Gasteiger partial charge on any atom is -0.481 e. The second kappa shape index (κ2) is 4.77. The van der Waals surface area contributed by atoms with Gasteiger partial charge in [-0.25, -0.2) is 0 Å². The third kappa shape index (κ3) is 3.23. The number of hydrogen-bond acceptors (Lipinski definition) is 3. The summed E-state index contributed by atoms with van der Waals surface area (Å²) in [6.45, 7) is 1.92. The lowest BCUT2D eigenvalue weighted by Gasteiger charge is -2.26. The summed E-state index contributed by atoms with van der Waals surface area (Å²) in [5, 5.41) is 11.1. The van der Waals surface area contributed by atoms with Crippen LogP contribution in [0.2, 0.25) is 0 Å². The molecule has 1 aliphatic rings. The van der Waals surface area contributed by atoms with Crippen molar-refractivity contribution in [3.8, 4) is 0 Å². The van der Waals surface area contributed by atoms with Crippen molar-refractivity contribution in [1.29, 1.82) is 0 Å². The van der Waals surface area contributed by atoms with Gasteiger partial charge in [0.2, 0.25) is 11.8 Å². The van der Waals surface area contributed by atoms with Gasteiger partial charge >= 0.3 is 5.97 Å². The van der Waals surface area contributed by atoms with Gasteiger partial charge < -0.3 is 15.3 Å². The van der Waals surface area contributed by atoms with Crippen LogP contribution < -0.4 is 5.32 Å². The number of carboxylic acid groups (broad SMARTS) is 1. The van der Waals surface area contributed by atoms with Crippen LogP contribution in [0.3, 0.4) is 0 Å². The number of aliphatic carboxylic acids is 1. The first kappa shape index (κ1) is 11.5. The average Bonchev–Trinajstić information content (AvgIpc) is 2.28. The summed E-state index contributed by atoms with van der Waals surface area (Å²) in [5.41, 5.74) is 0. The minimum absolute atomic E-state index is 0.0389. The van der Waals surface area contributed by atoms with E-state index in [2.05, 4.69) is 5.32 Å². The molecule has 0 aromatic rings. The maximum Gasteiger partial charge on any atom is 0.305 e. The molecule has 0 radical (unpaired) electrons. The van der Waals surface area contributed by atoms with Gasteiger partial charge in [0.25, 0.3) is 0 Å². The highest BCUT2D eigenvalue weighted by Gasteiger charge is 2.25. The van der Waals surface area contributed by atoms with E-state index in [0.29, 0.717) is 6.54 Å². The molecule has 0 bridgehead atoms. The monoisotopic (exact) mass is 214 g/mol. The van der Waals surface area contributed by atoms with Crippen LogP contribution in [0.15, 0.2) is 0 Å². The Kier molecular flexibility index (Phi) is 3.65. The van der Waals surface area contributed by atoms with Crippen LogP contribution in [-0.4, -0.2) is 46.9 Å². The smallest absolute Gasteiger partial charge is 0.305 e. The van der Waals surface area contributed by atoms with Gasteiger partial charge in [-0.15, -0.1) is 0 Å². The number of carboxylic acids is 1. The minimum atomic E-state index is -0.946. The highest BCUT2D eigenvalue weighted by atomic mass is 16.4. The normalized spacial score (nSPS) is 19.4. The molecule has 6 heteroatoms. The van der Waals surface area contributed by atoms with Gasteiger partial charge in [-0.2, -0.15) is 0 Å². The van der Waals surface area contributed by atoms with E-state index in [-0.39, 0.29) is 37.2 Å². The summed E-state index contributed by atoms with van der Waals surface area (Å²) >= 11 is 0. The largest absolute Gasteiger partial charge is 0.481 e. The Morgan fingerprint density at radius 1 is 1.60 bits per heavy atom. The first-order valence-corrected chi connectivity index (χ1v) is 4.78. The topological polar surface area (TPSA) is 86.7 Å². The molecule has 1 aliphatic heterocycles. The summed E-state index contributed by atoms with van der Waals surface area (Å²) in [5.74, 6) is -1.35. The maximum atomic E-state index is 11.5. The van der Waals surface area contributed by atoms with Crippen molar-refractivity contribution in [2.45, 2.75) is 25.8 Å². The van der Waals surface area contributed by atoms with Crippen molar-refractivity contribution in [3.63, 3.8) is 0 Å². The molecule has 2 amide bonds. The van der Waals surface area contributed by atoms with E-state index >= 15 is 0 Å². The first-order valence-electron chi connectivity index (χ1n) is 4.78. The fourth-order valence-corrected chi connectivity index (χ4v) is 1.54. The lowest BCUT2D eigenvalue weighted by atomic mass is 10.2. The Balaban J connectivity index is 2.62. The summed E-state index contributed by atoms with van der Waals surface area (Å²) in [6.07, 6.45) is 0.135. The van der Waals surface area contributed by atoms with E-state index in [1.807, 2.05) is 0 Å². The van der Waals surface area contributed by atoms with Crippen molar-refractivity contribution < 1.29 is 19.5 Å². The molecule has 0 saturated carbocycles. The van der Waals surface area contributed by atoms with Gasteiger partial charge in [-0.1, -0.05) is 0 Å². The molecule has 84 valence electrons. The Morgan fingerprint density at radius 2 is 2.27 bits per heavy atom. The second-order valence-corrected chi connectivity index (χ2v) is 3.56. The molecule has 6 nitrogen and oxygen atoms in total. The Labute approximate surface area is 87.2 Å². The molecule has 0 spiro atoms. The first-order chi connectivity index (χ1) is 7.00. The fourth-order valence-electron chi connectivity index (χ4n) is 1.54. The number of nitrogens with zero attached hydrogens (tertiary/aromatic N) is 1. The van der Waals surface area contributed by atoms with E-state index in [9.17, 15) is 14.4 Å². The number of carbonyl (C=O) groups is 3. The van der Waals surface area contributed by atoms with Gasteiger partial charge in [0.05, 0.1) is 13.0 Å². The van der Waals surface area contributed by atoms with Crippen molar-refractivity contribution in [1.82, 2.24) is 10.2 Å². The van der Waals surface area contributed by atoms with Gasteiger partial charge in [0.1, 0.15) is 0 Å². The average molecular weight is 214 g/mol. The SMILES string of the molecule is CC(CC(=O)O)N1CCC(=O)NCC1=O. The predicted molar refractivity (Wildman–Crippen MR) is 51.1 cm³/mol. The Hall–Kier alpha value is -1.59. The number of carbonyl (C=O) groups excluding carboxylic acids is 2. The van der Waals surface area contributed by atoms with Gasteiger partial charge in [-0.3, -0.25) is 14.4 Å². The lowest BCUT2D eigenvalue weighted by Crippen LogP contribution is -2.42. The second-order valence-electron chi connectivity index (χ2n) is 3.56. The molecule has 0 aliphatic carbocycles. The van der Waals surface area contributed by atoms with Gasteiger partial charge in [0, 0.05) is 19.0 Å². The van der Waals surface area contributed by atoms with Crippen LogP contribution in [0.4, 0.5) is 0 Å². The quantitative estimate of drug-likeness (QED) is 0.643. The van der Waals surface area contributed by atoms with E-state index in [0.717, 1.165) is 0 Å². The molecule has 0 aromatic heterocycles. The van der Waals surface area contributed by atoms with Crippen LogP contribution in [0.1, 0.15) is 19.8 Å². The third-order valence-electron chi connectivity index (χ3n) is 2.34. The Bertz CT molecular complexity index is 290. The molecule has 1 rings (SSSR count). The summed E-state index contributed by atoms with van der Waals surface area (Å²) < 4.78 is 0. The van der Waals surface area contributed by atoms with Crippen LogP contribution >= 0.6 is 0 Å². The van der Waals surface area contributed by atoms with Crippen molar-refractivity contribution in [2.75, 3.05) is 13.1 Å². The molecule has 1 atom stereocenters. The molecular weight excluding hydrogens is 200 g/mol. The third-order valence-corrected chi connectivity index (χ3v) is 2.34. The van der Waals surface area contributed by atoms with Crippen LogP contribution in [0, 0.1) is 0 Å². The van der Waals surface area contributed by atoms with Gasteiger partial charge in [-0.05, 0) is 6.92 Å². The lowest BCUT2D eigenvalue weighted by molar-refractivity contribution is -0.140. The van der Waals surface area contributed by atoms with Crippen molar-refractivity contribution >= 4 is 17.8 Å². The Morgan fingerprint density at radius 3 is 2.87 bits per heavy atom. The number of amides is 2. The highest BCUT2D eigenvalue weighted by Crippen LogP contribution is 2.07. The molecule has 1 fully saturated rings. The van der Waals surface area contributed by atoms with E-state index in [1.165, 1.54) is 4.90 Å². The number of hydrogen-bond donors (Lipinski definition) is 2. The van der Waals surface area contributed by atoms with Crippen molar-refractivity contribution in [2.24, 2.45) is 0 Å². The molecule has 1 unspecified atom stereocenters. The van der Waals surface area contributed by atoms with Crippen LogP contribution in [0.25, 0.3) is 0 Å². The number of rotatable bonds is 3. The summed E-state index contributed by atoms with van der Waals surface area (Å²) in [4.78, 5) is 34.4. The maximum absolute atomic E-state index is 11.5. The van der Waals surface area contributed by atoms with E-state index in [4.69, 9.17) is 5.11 Å². The molecule has 2 N–H and O–H groups in total. The zero-order valence-corrected chi connectivity index (χ0v) is 8.52. The fraction of sp³-hybridized carbons (Fsp3) is 0.667. The molecule has 0 aromatic carbocycles. The zero-order valence-electron chi connectivity index (χ0n) is 8.52. The van der Waals surface area contributed by atoms with Gasteiger partial charge in [0.15, 0.2) is 0 Å².